The van der Waals surface area contributed by atoms with Gasteiger partial charge in [-0.2, -0.15) is 0 Å². The molecule has 0 fully saturated rings. The number of rotatable bonds is 3. The second-order valence-corrected chi connectivity index (χ2v) is 5.08. The highest BCUT2D eigenvalue weighted by atomic mass is 16.6. The van der Waals surface area contributed by atoms with Gasteiger partial charge in [-0.1, -0.05) is 48.5 Å². The van der Waals surface area contributed by atoms with Gasteiger partial charge in [0.05, 0.1) is 18.3 Å². The Bertz CT molecular complexity index is 627. The van der Waals surface area contributed by atoms with Crippen molar-refractivity contribution in [1.82, 2.24) is 0 Å². The summed E-state index contributed by atoms with van der Waals surface area (Å²) in [5, 5.41) is 9.49. The minimum absolute atomic E-state index is 0.0743. The van der Waals surface area contributed by atoms with Gasteiger partial charge < -0.3 is 9.84 Å². The van der Waals surface area contributed by atoms with Crippen molar-refractivity contribution in [1.29, 1.82) is 0 Å². The maximum absolute atomic E-state index is 12.3. The SMILES string of the molecule is O=C(OCc1ccccc1)N1c2ccccc2C[C@@H]1CO. The van der Waals surface area contributed by atoms with E-state index in [0.29, 0.717) is 6.42 Å². The number of amides is 1. The first-order valence-electron chi connectivity index (χ1n) is 6.98. The third-order valence-electron chi connectivity index (χ3n) is 3.68. The molecule has 3 rings (SSSR count). The molecule has 21 heavy (non-hydrogen) atoms. The number of nitrogens with zero attached hydrogens (tertiary/aromatic N) is 1. The number of anilines is 1. The highest BCUT2D eigenvalue weighted by molar-refractivity contribution is 5.91. The van der Waals surface area contributed by atoms with Crippen LogP contribution in [0.1, 0.15) is 11.1 Å². The normalized spacial score (nSPS) is 16.6. The summed E-state index contributed by atoms with van der Waals surface area (Å²) < 4.78 is 5.38. The van der Waals surface area contributed by atoms with E-state index in [1.165, 1.54) is 0 Å². The number of hydrogen-bond donors (Lipinski definition) is 1. The first-order chi connectivity index (χ1) is 10.3. The van der Waals surface area contributed by atoms with Crippen LogP contribution in [-0.4, -0.2) is 23.8 Å². The van der Waals surface area contributed by atoms with E-state index in [2.05, 4.69) is 0 Å². The first-order valence-corrected chi connectivity index (χ1v) is 6.98. The Kier molecular flexibility index (Phi) is 3.88. The number of hydrogen-bond acceptors (Lipinski definition) is 3. The Balaban J connectivity index is 1.74. The number of aliphatic hydroxyl groups excluding tert-OH is 1. The van der Waals surface area contributed by atoms with Crippen molar-refractivity contribution in [2.45, 2.75) is 19.1 Å². The van der Waals surface area contributed by atoms with Crippen molar-refractivity contribution in [3.63, 3.8) is 0 Å². The van der Waals surface area contributed by atoms with Crippen LogP contribution in [0.5, 0.6) is 0 Å². The highest BCUT2D eigenvalue weighted by Crippen LogP contribution is 2.32. The molecule has 1 N–H and O–H groups in total. The molecule has 0 aliphatic carbocycles. The lowest BCUT2D eigenvalue weighted by molar-refractivity contribution is 0.141. The van der Waals surface area contributed by atoms with Gasteiger partial charge >= 0.3 is 6.09 Å². The predicted octanol–water partition coefficient (Wildman–Crippen LogP) is 2.75. The molecule has 4 nitrogen and oxygen atoms in total. The number of para-hydroxylation sites is 1. The Morgan fingerprint density at radius 2 is 1.86 bits per heavy atom. The minimum atomic E-state index is -0.414. The number of aliphatic hydroxyl groups is 1. The molecule has 108 valence electrons. The molecule has 0 saturated carbocycles. The number of fused-ring (bicyclic) bond motifs is 1. The Hall–Kier alpha value is -2.33. The number of carbonyl (C=O) groups excluding carboxylic acids is 1. The van der Waals surface area contributed by atoms with E-state index >= 15 is 0 Å². The maximum atomic E-state index is 12.3. The molecule has 1 heterocycles. The van der Waals surface area contributed by atoms with Gasteiger partial charge in [0.15, 0.2) is 0 Å². The van der Waals surface area contributed by atoms with E-state index in [0.717, 1.165) is 16.8 Å². The van der Waals surface area contributed by atoms with Gasteiger partial charge in [-0.3, -0.25) is 4.90 Å². The van der Waals surface area contributed by atoms with Crippen LogP contribution in [-0.2, 0) is 17.8 Å². The molecular weight excluding hydrogens is 266 g/mol. The summed E-state index contributed by atoms with van der Waals surface area (Å²) in [6.45, 7) is 0.158. The zero-order valence-electron chi connectivity index (χ0n) is 11.6. The summed E-state index contributed by atoms with van der Waals surface area (Å²) in [6.07, 6.45) is 0.246. The molecule has 1 amide bonds. The van der Waals surface area contributed by atoms with Crippen molar-refractivity contribution in [3.8, 4) is 0 Å². The minimum Gasteiger partial charge on any atom is -0.444 e. The van der Waals surface area contributed by atoms with E-state index in [4.69, 9.17) is 4.74 Å². The first kappa shape index (κ1) is 13.6. The van der Waals surface area contributed by atoms with Crippen LogP contribution in [0.15, 0.2) is 54.6 Å². The molecule has 1 aliphatic rings. The van der Waals surface area contributed by atoms with E-state index in [-0.39, 0.29) is 19.3 Å². The fourth-order valence-electron chi connectivity index (χ4n) is 2.64. The standard InChI is InChI=1S/C17H17NO3/c19-11-15-10-14-8-4-5-9-16(14)18(15)17(20)21-12-13-6-2-1-3-7-13/h1-9,15,19H,10-12H2/t15-/m1/s1. The van der Waals surface area contributed by atoms with Crippen LogP contribution in [0.25, 0.3) is 0 Å². The molecule has 0 unspecified atom stereocenters. The molecule has 2 aromatic carbocycles. The summed E-state index contributed by atoms with van der Waals surface area (Å²) >= 11 is 0. The number of carbonyl (C=O) groups is 1. The molecule has 1 aliphatic heterocycles. The highest BCUT2D eigenvalue weighted by Gasteiger charge is 2.34. The van der Waals surface area contributed by atoms with Gasteiger partial charge in [-0.15, -0.1) is 0 Å². The molecule has 0 radical (unpaired) electrons. The average molecular weight is 283 g/mol. The average Bonchev–Trinajstić information content (AvgIpc) is 2.92. The Morgan fingerprint density at radius 3 is 2.62 bits per heavy atom. The molecule has 0 spiro atoms. The molecule has 2 aromatic rings. The predicted molar refractivity (Wildman–Crippen MR) is 80.1 cm³/mol. The van der Waals surface area contributed by atoms with Crippen molar-refractivity contribution in [2.75, 3.05) is 11.5 Å². The van der Waals surface area contributed by atoms with Crippen molar-refractivity contribution in [3.05, 3.63) is 65.7 Å². The Morgan fingerprint density at radius 1 is 1.14 bits per heavy atom. The third-order valence-corrected chi connectivity index (χ3v) is 3.68. The lowest BCUT2D eigenvalue weighted by Crippen LogP contribution is -2.40. The summed E-state index contributed by atoms with van der Waals surface area (Å²) in [6, 6.07) is 17.0. The molecule has 0 bridgehead atoms. The second kappa shape index (κ2) is 5.97. The van der Waals surface area contributed by atoms with Crippen molar-refractivity contribution in [2.24, 2.45) is 0 Å². The zero-order chi connectivity index (χ0) is 14.7. The van der Waals surface area contributed by atoms with Gasteiger partial charge in [-0.25, -0.2) is 4.79 Å². The molecule has 0 aromatic heterocycles. The van der Waals surface area contributed by atoms with Crippen LogP contribution < -0.4 is 4.90 Å². The van der Waals surface area contributed by atoms with Crippen molar-refractivity contribution < 1.29 is 14.6 Å². The quantitative estimate of drug-likeness (QED) is 0.942. The molecule has 4 heteroatoms. The zero-order valence-corrected chi connectivity index (χ0v) is 11.6. The van der Waals surface area contributed by atoms with E-state index in [1.807, 2.05) is 54.6 Å². The van der Waals surface area contributed by atoms with E-state index in [1.54, 1.807) is 4.90 Å². The van der Waals surface area contributed by atoms with Gasteiger partial charge in [0.2, 0.25) is 0 Å². The third kappa shape index (κ3) is 2.76. The topological polar surface area (TPSA) is 49.8 Å². The van der Waals surface area contributed by atoms with Gasteiger partial charge in [0.1, 0.15) is 6.61 Å². The van der Waals surface area contributed by atoms with Crippen molar-refractivity contribution >= 4 is 11.8 Å². The monoisotopic (exact) mass is 283 g/mol. The summed E-state index contributed by atoms with van der Waals surface area (Å²) in [4.78, 5) is 13.9. The maximum Gasteiger partial charge on any atom is 0.414 e. The smallest absolute Gasteiger partial charge is 0.414 e. The van der Waals surface area contributed by atoms with Crippen LogP contribution in [0.4, 0.5) is 10.5 Å². The second-order valence-electron chi connectivity index (χ2n) is 5.08. The van der Waals surface area contributed by atoms with Gasteiger partial charge in [-0.05, 0) is 23.6 Å². The number of ether oxygens (including phenoxy) is 1. The Labute approximate surface area is 123 Å². The summed E-state index contributed by atoms with van der Waals surface area (Å²) in [5.41, 5.74) is 2.83. The largest absolute Gasteiger partial charge is 0.444 e. The summed E-state index contributed by atoms with van der Waals surface area (Å²) in [5.74, 6) is 0. The number of benzene rings is 2. The molecule has 0 saturated heterocycles. The van der Waals surface area contributed by atoms with E-state index in [9.17, 15) is 9.90 Å². The lowest BCUT2D eigenvalue weighted by atomic mass is 10.1. The lowest BCUT2D eigenvalue weighted by Gasteiger charge is -2.23. The molecular formula is C17H17NO3. The molecule has 1 atom stereocenters. The van der Waals surface area contributed by atoms with Gasteiger partial charge in [0, 0.05) is 0 Å². The van der Waals surface area contributed by atoms with Crippen LogP contribution >= 0.6 is 0 Å². The van der Waals surface area contributed by atoms with Gasteiger partial charge in [0.25, 0.3) is 0 Å². The fourth-order valence-corrected chi connectivity index (χ4v) is 2.64. The van der Waals surface area contributed by atoms with Crippen LogP contribution in [0.3, 0.4) is 0 Å². The summed E-state index contributed by atoms with van der Waals surface area (Å²) in [7, 11) is 0. The van der Waals surface area contributed by atoms with Crippen LogP contribution in [0.2, 0.25) is 0 Å². The van der Waals surface area contributed by atoms with E-state index < -0.39 is 6.09 Å². The fraction of sp³-hybridized carbons (Fsp3) is 0.235. The van der Waals surface area contributed by atoms with Crippen LogP contribution in [0, 0.1) is 0 Å².